The van der Waals surface area contributed by atoms with Crippen LogP contribution in [0.1, 0.15) is 44.2 Å². The smallest absolute Gasteiger partial charge is 0.122 e. The number of likely N-dealkylation sites (N-methyl/N-ethyl adjacent to an activating group) is 1. The lowest BCUT2D eigenvalue weighted by atomic mass is 9.96. The van der Waals surface area contributed by atoms with Crippen molar-refractivity contribution < 1.29 is 9.84 Å². The maximum atomic E-state index is 9.42. The highest BCUT2D eigenvalue weighted by Crippen LogP contribution is 2.20. The van der Waals surface area contributed by atoms with Crippen molar-refractivity contribution in [3.8, 4) is 5.75 Å². The standard InChI is InChI=1S/C17H29NO2/c1-5-18-17(4,13-19)10-6-7-11-20-16-12-14(2)8-9-15(16)3/h8-9,12,18-19H,5-7,10-11,13H2,1-4H3. The van der Waals surface area contributed by atoms with Crippen molar-refractivity contribution in [3.05, 3.63) is 29.3 Å². The van der Waals surface area contributed by atoms with Gasteiger partial charge >= 0.3 is 0 Å². The number of rotatable bonds is 9. The molecule has 1 aromatic carbocycles. The van der Waals surface area contributed by atoms with Gasteiger partial charge in [0.2, 0.25) is 0 Å². The van der Waals surface area contributed by atoms with Crippen LogP contribution in [0, 0.1) is 13.8 Å². The summed E-state index contributed by atoms with van der Waals surface area (Å²) in [4.78, 5) is 0. The van der Waals surface area contributed by atoms with E-state index in [1.165, 1.54) is 11.1 Å². The number of aryl methyl sites for hydroxylation is 2. The highest BCUT2D eigenvalue weighted by molar-refractivity contribution is 5.35. The number of hydrogen-bond acceptors (Lipinski definition) is 3. The lowest BCUT2D eigenvalue weighted by Crippen LogP contribution is -2.45. The summed E-state index contributed by atoms with van der Waals surface area (Å²) in [6.07, 6.45) is 3.02. The van der Waals surface area contributed by atoms with Crippen molar-refractivity contribution in [2.45, 2.75) is 52.5 Å². The van der Waals surface area contributed by atoms with E-state index in [2.05, 4.69) is 51.2 Å². The quantitative estimate of drug-likeness (QED) is 0.682. The van der Waals surface area contributed by atoms with Crippen LogP contribution in [-0.2, 0) is 0 Å². The Balaban J connectivity index is 2.30. The van der Waals surface area contributed by atoms with E-state index in [4.69, 9.17) is 4.74 Å². The van der Waals surface area contributed by atoms with Gasteiger partial charge in [0.1, 0.15) is 5.75 Å². The summed E-state index contributed by atoms with van der Waals surface area (Å²) >= 11 is 0. The van der Waals surface area contributed by atoms with Gasteiger partial charge in [-0.1, -0.05) is 19.1 Å². The van der Waals surface area contributed by atoms with Crippen molar-refractivity contribution in [2.75, 3.05) is 19.8 Å². The number of aliphatic hydroxyl groups is 1. The first-order valence-electron chi connectivity index (χ1n) is 7.56. The highest BCUT2D eigenvalue weighted by atomic mass is 16.5. The van der Waals surface area contributed by atoms with Crippen LogP contribution in [0.5, 0.6) is 5.75 Å². The molecule has 0 aliphatic rings. The summed E-state index contributed by atoms with van der Waals surface area (Å²) in [5.41, 5.74) is 2.25. The van der Waals surface area contributed by atoms with Crippen LogP contribution in [0.4, 0.5) is 0 Å². The van der Waals surface area contributed by atoms with Gasteiger partial charge in [0.15, 0.2) is 0 Å². The first-order valence-corrected chi connectivity index (χ1v) is 7.56. The minimum atomic E-state index is -0.159. The molecular weight excluding hydrogens is 250 g/mol. The van der Waals surface area contributed by atoms with Crippen LogP contribution >= 0.6 is 0 Å². The Kier molecular flexibility index (Phi) is 7.03. The van der Waals surface area contributed by atoms with Gasteiger partial charge in [0.25, 0.3) is 0 Å². The van der Waals surface area contributed by atoms with Gasteiger partial charge in [-0.15, -0.1) is 0 Å². The Labute approximate surface area is 123 Å². The molecule has 0 spiro atoms. The van der Waals surface area contributed by atoms with Gasteiger partial charge in [-0.05, 0) is 63.8 Å². The number of benzene rings is 1. The van der Waals surface area contributed by atoms with Crippen LogP contribution in [0.25, 0.3) is 0 Å². The predicted molar refractivity (Wildman–Crippen MR) is 84.4 cm³/mol. The summed E-state index contributed by atoms with van der Waals surface area (Å²) in [5.74, 6) is 0.988. The Morgan fingerprint density at radius 2 is 2.00 bits per heavy atom. The monoisotopic (exact) mass is 279 g/mol. The Hall–Kier alpha value is -1.06. The SMILES string of the molecule is CCNC(C)(CO)CCCCOc1cc(C)ccc1C. The number of nitrogens with one attached hydrogen (secondary N) is 1. The molecule has 3 heteroatoms. The van der Waals surface area contributed by atoms with E-state index in [9.17, 15) is 5.11 Å². The zero-order chi connectivity index (χ0) is 15.0. The van der Waals surface area contributed by atoms with Crippen molar-refractivity contribution in [2.24, 2.45) is 0 Å². The predicted octanol–water partition coefficient (Wildman–Crippen LogP) is 3.21. The topological polar surface area (TPSA) is 41.5 Å². The molecule has 0 saturated carbocycles. The summed E-state index contributed by atoms with van der Waals surface area (Å²) < 4.78 is 5.84. The van der Waals surface area contributed by atoms with Gasteiger partial charge in [0, 0.05) is 5.54 Å². The summed E-state index contributed by atoms with van der Waals surface area (Å²) in [6.45, 7) is 10.1. The molecule has 3 nitrogen and oxygen atoms in total. The van der Waals surface area contributed by atoms with Crippen LogP contribution in [-0.4, -0.2) is 30.4 Å². The molecule has 0 amide bonds. The molecule has 0 fully saturated rings. The van der Waals surface area contributed by atoms with Crippen molar-refractivity contribution in [1.82, 2.24) is 5.32 Å². The molecule has 1 atom stereocenters. The molecule has 2 N–H and O–H groups in total. The fourth-order valence-corrected chi connectivity index (χ4v) is 2.31. The number of unbranched alkanes of at least 4 members (excludes halogenated alkanes) is 1. The van der Waals surface area contributed by atoms with Crippen LogP contribution in [0.3, 0.4) is 0 Å². The van der Waals surface area contributed by atoms with Gasteiger partial charge in [-0.2, -0.15) is 0 Å². The fourth-order valence-electron chi connectivity index (χ4n) is 2.31. The summed E-state index contributed by atoms with van der Waals surface area (Å²) in [6, 6.07) is 6.29. The molecule has 0 aliphatic carbocycles. The molecule has 0 aromatic heterocycles. The minimum absolute atomic E-state index is 0.159. The maximum Gasteiger partial charge on any atom is 0.122 e. The zero-order valence-electron chi connectivity index (χ0n) is 13.3. The molecule has 0 bridgehead atoms. The van der Waals surface area contributed by atoms with E-state index < -0.39 is 0 Å². The highest BCUT2D eigenvalue weighted by Gasteiger charge is 2.20. The molecule has 0 radical (unpaired) electrons. The van der Waals surface area contributed by atoms with Crippen LogP contribution in [0.15, 0.2) is 18.2 Å². The minimum Gasteiger partial charge on any atom is -0.493 e. The molecule has 114 valence electrons. The van der Waals surface area contributed by atoms with E-state index in [0.717, 1.165) is 38.2 Å². The molecule has 1 aromatic rings. The molecule has 1 rings (SSSR count). The maximum absolute atomic E-state index is 9.42. The van der Waals surface area contributed by atoms with Crippen molar-refractivity contribution >= 4 is 0 Å². The van der Waals surface area contributed by atoms with Gasteiger partial charge in [0.05, 0.1) is 13.2 Å². The van der Waals surface area contributed by atoms with Crippen LogP contribution < -0.4 is 10.1 Å². The van der Waals surface area contributed by atoms with E-state index in [1.807, 2.05) is 0 Å². The zero-order valence-corrected chi connectivity index (χ0v) is 13.3. The third-order valence-corrected chi connectivity index (χ3v) is 3.68. The van der Waals surface area contributed by atoms with E-state index in [0.29, 0.717) is 0 Å². The second-order valence-electron chi connectivity index (χ2n) is 5.82. The second-order valence-corrected chi connectivity index (χ2v) is 5.82. The molecule has 0 aliphatic heterocycles. The fraction of sp³-hybridized carbons (Fsp3) is 0.647. The number of hydrogen-bond donors (Lipinski definition) is 2. The Morgan fingerprint density at radius 3 is 2.65 bits per heavy atom. The normalized spacial score (nSPS) is 14.1. The second kappa shape index (κ2) is 8.28. The Morgan fingerprint density at radius 1 is 1.25 bits per heavy atom. The van der Waals surface area contributed by atoms with Gasteiger partial charge in [-0.3, -0.25) is 0 Å². The summed E-state index contributed by atoms with van der Waals surface area (Å²) in [7, 11) is 0. The van der Waals surface area contributed by atoms with E-state index in [1.54, 1.807) is 0 Å². The molecular formula is C17H29NO2. The lowest BCUT2D eigenvalue weighted by molar-refractivity contribution is 0.162. The first-order chi connectivity index (χ1) is 9.50. The Bertz CT molecular complexity index is 406. The van der Waals surface area contributed by atoms with Crippen molar-refractivity contribution in [3.63, 3.8) is 0 Å². The van der Waals surface area contributed by atoms with E-state index >= 15 is 0 Å². The third kappa shape index (κ3) is 5.51. The van der Waals surface area contributed by atoms with Gasteiger partial charge < -0.3 is 15.2 Å². The van der Waals surface area contributed by atoms with Crippen molar-refractivity contribution in [1.29, 1.82) is 0 Å². The molecule has 1 unspecified atom stereocenters. The molecule has 0 heterocycles. The first kappa shape index (κ1) is 17.0. The largest absolute Gasteiger partial charge is 0.493 e. The summed E-state index contributed by atoms with van der Waals surface area (Å²) in [5, 5.41) is 12.8. The lowest BCUT2D eigenvalue weighted by Gasteiger charge is -2.28. The third-order valence-electron chi connectivity index (χ3n) is 3.68. The molecule has 0 saturated heterocycles. The van der Waals surface area contributed by atoms with E-state index in [-0.39, 0.29) is 12.1 Å². The van der Waals surface area contributed by atoms with Crippen LogP contribution in [0.2, 0.25) is 0 Å². The average Bonchev–Trinajstić information content (AvgIpc) is 2.42. The number of ether oxygens (including phenoxy) is 1. The van der Waals surface area contributed by atoms with Gasteiger partial charge in [-0.25, -0.2) is 0 Å². The number of aliphatic hydroxyl groups excluding tert-OH is 1. The molecule has 20 heavy (non-hydrogen) atoms. The average molecular weight is 279 g/mol.